The van der Waals surface area contributed by atoms with Crippen molar-refractivity contribution in [1.29, 1.82) is 0 Å². The van der Waals surface area contributed by atoms with Crippen LogP contribution in [0.2, 0.25) is 0 Å². The van der Waals surface area contributed by atoms with E-state index in [4.69, 9.17) is 9.84 Å². The number of methoxy groups -OCH3 is 1. The highest BCUT2D eigenvalue weighted by atomic mass is 16.5. The fourth-order valence-corrected chi connectivity index (χ4v) is 1.19. The molecule has 1 heterocycles. The molecule has 0 radical (unpaired) electrons. The van der Waals surface area contributed by atoms with E-state index in [9.17, 15) is 0 Å². The summed E-state index contributed by atoms with van der Waals surface area (Å²) in [5, 5.41) is 13.1. The summed E-state index contributed by atoms with van der Waals surface area (Å²) in [6.07, 6.45) is 2.94. The van der Waals surface area contributed by atoms with Gasteiger partial charge in [-0.25, -0.2) is 4.68 Å². The molecule has 4 nitrogen and oxygen atoms in total. The summed E-state index contributed by atoms with van der Waals surface area (Å²) in [6, 6.07) is 7.42. The lowest BCUT2D eigenvalue weighted by atomic mass is 10.3. The van der Waals surface area contributed by atoms with Crippen LogP contribution in [-0.2, 0) is 0 Å². The predicted octanol–water partition coefficient (Wildman–Crippen LogP) is 1.59. The van der Waals surface area contributed by atoms with Crippen molar-refractivity contribution >= 4 is 0 Å². The molecule has 0 spiro atoms. The molecule has 2 aromatic rings. The molecule has 0 amide bonds. The largest absolute Gasteiger partial charge is 0.505 e. The Labute approximate surface area is 81.4 Å². The van der Waals surface area contributed by atoms with Crippen LogP contribution in [0.5, 0.6) is 11.5 Å². The van der Waals surface area contributed by atoms with Gasteiger partial charge < -0.3 is 9.84 Å². The number of hydrogen-bond acceptors (Lipinski definition) is 3. The minimum absolute atomic E-state index is 0.154. The average molecular weight is 190 g/mol. The van der Waals surface area contributed by atoms with Crippen molar-refractivity contribution in [3.8, 4) is 17.2 Å². The lowest BCUT2D eigenvalue weighted by Crippen LogP contribution is -1.93. The Hall–Kier alpha value is -1.97. The van der Waals surface area contributed by atoms with E-state index in [1.165, 1.54) is 6.20 Å². The molecule has 0 saturated carbocycles. The predicted molar refractivity (Wildman–Crippen MR) is 51.8 cm³/mol. The van der Waals surface area contributed by atoms with Gasteiger partial charge in [0.2, 0.25) is 0 Å². The van der Waals surface area contributed by atoms with Gasteiger partial charge in [0.15, 0.2) is 5.75 Å². The minimum Gasteiger partial charge on any atom is -0.505 e. The number of nitrogens with zero attached hydrogens (tertiary/aromatic N) is 2. The smallest absolute Gasteiger partial charge is 0.153 e. The summed E-state index contributed by atoms with van der Waals surface area (Å²) in [5.41, 5.74) is 0.881. The molecular weight excluding hydrogens is 180 g/mol. The number of rotatable bonds is 2. The van der Waals surface area contributed by atoms with Crippen molar-refractivity contribution in [2.45, 2.75) is 0 Å². The van der Waals surface area contributed by atoms with Crippen molar-refractivity contribution in [3.05, 3.63) is 36.7 Å². The van der Waals surface area contributed by atoms with E-state index in [-0.39, 0.29) is 5.75 Å². The Bertz CT molecular complexity index is 420. The van der Waals surface area contributed by atoms with Crippen molar-refractivity contribution in [2.75, 3.05) is 7.11 Å². The Kier molecular flexibility index (Phi) is 2.10. The second kappa shape index (κ2) is 3.41. The second-order valence-corrected chi connectivity index (χ2v) is 2.84. The number of aromatic nitrogens is 2. The van der Waals surface area contributed by atoms with Gasteiger partial charge in [0.1, 0.15) is 5.75 Å². The number of ether oxygens (including phenoxy) is 1. The first-order chi connectivity index (χ1) is 6.79. The normalized spacial score (nSPS) is 10.1. The monoisotopic (exact) mass is 190 g/mol. The Morgan fingerprint density at radius 3 is 2.50 bits per heavy atom. The van der Waals surface area contributed by atoms with Crippen LogP contribution in [0.3, 0.4) is 0 Å². The van der Waals surface area contributed by atoms with E-state index in [1.807, 2.05) is 24.3 Å². The van der Waals surface area contributed by atoms with Crippen LogP contribution in [-0.4, -0.2) is 22.0 Å². The molecule has 0 atom stereocenters. The van der Waals surface area contributed by atoms with Crippen LogP contribution < -0.4 is 4.74 Å². The van der Waals surface area contributed by atoms with Gasteiger partial charge in [-0.1, -0.05) is 0 Å². The zero-order valence-corrected chi connectivity index (χ0v) is 7.71. The first kappa shape index (κ1) is 8.62. The Morgan fingerprint density at radius 2 is 2.00 bits per heavy atom. The SMILES string of the molecule is COc1ccc(-n2cc(O)cn2)cc1. The van der Waals surface area contributed by atoms with E-state index in [0.29, 0.717) is 0 Å². The summed E-state index contributed by atoms with van der Waals surface area (Å²) in [7, 11) is 1.62. The molecule has 1 N–H and O–H groups in total. The highest BCUT2D eigenvalue weighted by Gasteiger charge is 1.99. The van der Waals surface area contributed by atoms with E-state index in [2.05, 4.69) is 5.10 Å². The highest BCUT2D eigenvalue weighted by molar-refractivity contribution is 5.37. The Morgan fingerprint density at radius 1 is 1.29 bits per heavy atom. The summed E-state index contributed by atoms with van der Waals surface area (Å²) in [6.45, 7) is 0. The van der Waals surface area contributed by atoms with Gasteiger partial charge in [-0.3, -0.25) is 0 Å². The van der Waals surface area contributed by atoms with Gasteiger partial charge in [-0.2, -0.15) is 5.10 Å². The maximum Gasteiger partial charge on any atom is 0.153 e. The molecule has 0 aliphatic rings. The minimum atomic E-state index is 0.154. The maximum atomic E-state index is 9.11. The zero-order chi connectivity index (χ0) is 9.97. The first-order valence-electron chi connectivity index (χ1n) is 4.17. The van der Waals surface area contributed by atoms with Crippen LogP contribution >= 0.6 is 0 Å². The molecule has 0 fully saturated rings. The number of aromatic hydroxyl groups is 1. The van der Waals surface area contributed by atoms with E-state index in [1.54, 1.807) is 18.0 Å². The van der Waals surface area contributed by atoms with Gasteiger partial charge in [-0.05, 0) is 24.3 Å². The van der Waals surface area contributed by atoms with E-state index < -0.39 is 0 Å². The van der Waals surface area contributed by atoms with Gasteiger partial charge in [0.25, 0.3) is 0 Å². The average Bonchev–Trinajstić information content (AvgIpc) is 2.65. The van der Waals surface area contributed by atoms with E-state index in [0.717, 1.165) is 11.4 Å². The second-order valence-electron chi connectivity index (χ2n) is 2.84. The van der Waals surface area contributed by atoms with Crippen molar-refractivity contribution in [2.24, 2.45) is 0 Å². The molecule has 1 aromatic carbocycles. The molecule has 0 saturated heterocycles. The zero-order valence-electron chi connectivity index (χ0n) is 7.71. The quantitative estimate of drug-likeness (QED) is 0.782. The number of hydrogen-bond donors (Lipinski definition) is 1. The molecule has 4 heteroatoms. The molecule has 72 valence electrons. The van der Waals surface area contributed by atoms with Gasteiger partial charge >= 0.3 is 0 Å². The summed E-state index contributed by atoms with van der Waals surface area (Å²) in [5.74, 6) is 0.950. The number of benzene rings is 1. The van der Waals surface area contributed by atoms with Gasteiger partial charge in [0.05, 0.1) is 25.2 Å². The van der Waals surface area contributed by atoms with Crippen LogP contribution in [0.1, 0.15) is 0 Å². The topological polar surface area (TPSA) is 47.3 Å². The van der Waals surface area contributed by atoms with Crippen molar-refractivity contribution in [1.82, 2.24) is 9.78 Å². The molecule has 0 aliphatic heterocycles. The molecule has 14 heavy (non-hydrogen) atoms. The van der Waals surface area contributed by atoms with Crippen LogP contribution in [0.4, 0.5) is 0 Å². The molecule has 1 aromatic heterocycles. The summed E-state index contributed by atoms with van der Waals surface area (Å²) < 4.78 is 6.62. The highest BCUT2D eigenvalue weighted by Crippen LogP contribution is 2.16. The van der Waals surface area contributed by atoms with Gasteiger partial charge in [0, 0.05) is 0 Å². The molecule has 2 rings (SSSR count). The van der Waals surface area contributed by atoms with Crippen LogP contribution in [0.25, 0.3) is 5.69 Å². The lowest BCUT2D eigenvalue weighted by Gasteiger charge is -2.02. The molecular formula is C10H10N2O2. The third kappa shape index (κ3) is 1.54. The van der Waals surface area contributed by atoms with Crippen LogP contribution in [0.15, 0.2) is 36.7 Å². The fourth-order valence-electron chi connectivity index (χ4n) is 1.19. The summed E-state index contributed by atoms with van der Waals surface area (Å²) >= 11 is 0. The third-order valence-corrected chi connectivity index (χ3v) is 1.91. The Balaban J connectivity index is 2.33. The van der Waals surface area contributed by atoms with E-state index >= 15 is 0 Å². The molecule has 0 unspecified atom stereocenters. The first-order valence-corrected chi connectivity index (χ1v) is 4.17. The lowest BCUT2D eigenvalue weighted by molar-refractivity contribution is 0.414. The third-order valence-electron chi connectivity index (χ3n) is 1.91. The standard InChI is InChI=1S/C10H10N2O2/c1-14-10-4-2-8(3-5-10)12-7-9(13)6-11-12/h2-7,13H,1H3. The molecule has 0 aliphatic carbocycles. The van der Waals surface area contributed by atoms with Gasteiger partial charge in [-0.15, -0.1) is 0 Å². The molecule has 0 bridgehead atoms. The fraction of sp³-hybridized carbons (Fsp3) is 0.100. The maximum absolute atomic E-state index is 9.11. The summed E-state index contributed by atoms with van der Waals surface area (Å²) in [4.78, 5) is 0. The van der Waals surface area contributed by atoms with Crippen molar-refractivity contribution < 1.29 is 9.84 Å². The van der Waals surface area contributed by atoms with Crippen molar-refractivity contribution in [3.63, 3.8) is 0 Å². The van der Waals surface area contributed by atoms with Crippen LogP contribution in [0, 0.1) is 0 Å².